The normalized spacial score (nSPS) is 20.3. The summed E-state index contributed by atoms with van der Waals surface area (Å²) >= 11 is 6.33. The summed E-state index contributed by atoms with van der Waals surface area (Å²) < 4.78 is 10.9. The third-order valence-corrected chi connectivity index (χ3v) is 3.82. The number of hydrogen-bond acceptors (Lipinski definition) is 4. The standard InChI is InChI=1S/C13H17ClN2O2/c14-12-1-2-13-11(8-17-9-18-13)10(12)7-16-5-3-15-4-6-16/h1-2,15H,3-9H2. The van der Waals surface area contributed by atoms with E-state index >= 15 is 0 Å². The predicted octanol–water partition coefficient (Wildman–Crippen LogP) is 1.61. The van der Waals surface area contributed by atoms with E-state index in [4.69, 9.17) is 21.1 Å². The minimum absolute atomic E-state index is 0.335. The predicted molar refractivity (Wildman–Crippen MR) is 69.9 cm³/mol. The third-order valence-electron chi connectivity index (χ3n) is 3.47. The van der Waals surface area contributed by atoms with E-state index in [1.807, 2.05) is 12.1 Å². The Labute approximate surface area is 112 Å². The maximum atomic E-state index is 6.33. The maximum Gasteiger partial charge on any atom is 0.189 e. The monoisotopic (exact) mass is 268 g/mol. The first kappa shape index (κ1) is 12.2. The van der Waals surface area contributed by atoms with Crippen molar-refractivity contribution in [2.45, 2.75) is 13.2 Å². The van der Waals surface area contributed by atoms with Crippen molar-refractivity contribution in [1.82, 2.24) is 10.2 Å². The molecule has 2 aliphatic heterocycles. The van der Waals surface area contributed by atoms with Crippen LogP contribution in [0, 0.1) is 0 Å². The van der Waals surface area contributed by atoms with E-state index < -0.39 is 0 Å². The lowest BCUT2D eigenvalue weighted by molar-refractivity contribution is -0.0171. The van der Waals surface area contributed by atoms with Gasteiger partial charge < -0.3 is 14.8 Å². The molecule has 5 heteroatoms. The largest absolute Gasteiger partial charge is 0.467 e. The van der Waals surface area contributed by atoms with Gasteiger partial charge in [0.2, 0.25) is 0 Å². The Morgan fingerprint density at radius 3 is 2.94 bits per heavy atom. The molecule has 1 aromatic carbocycles. The summed E-state index contributed by atoms with van der Waals surface area (Å²) in [5.41, 5.74) is 2.25. The van der Waals surface area contributed by atoms with Gasteiger partial charge in [0.25, 0.3) is 0 Å². The topological polar surface area (TPSA) is 33.7 Å². The summed E-state index contributed by atoms with van der Waals surface area (Å²) in [4.78, 5) is 2.41. The molecule has 3 rings (SSSR count). The molecule has 4 nitrogen and oxygen atoms in total. The van der Waals surface area contributed by atoms with Crippen molar-refractivity contribution < 1.29 is 9.47 Å². The first-order chi connectivity index (χ1) is 8.84. The lowest BCUT2D eigenvalue weighted by Crippen LogP contribution is -2.43. The molecule has 1 saturated heterocycles. The summed E-state index contributed by atoms with van der Waals surface area (Å²) in [7, 11) is 0. The molecule has 0 aliphatic carbocycles. The highest BCUT2D eigenvalue weighted by atomic mass is 35.5. The Morgan fingerprint density at radius 1 is 1.28 bits per heavy atom. The van der Waals surface area contributed by atoms with Crippen LogP contribution in [0.25, 0.3) is 0 Å². The van der Waals surface area contributed by atoms with E-state index in [2.05, 4.69) is 10.2 Å². The van der Waals surface area contributed by atoms with Gasteiger partial charge >= 0.3 is 0 Å². The minimum Gasteiger partial charge on any atom is -0.467 e. The number of nitrogens with zero attached hydrogens (tertiary/aromatic N) is 1. The molecule has 0 aromatic heterocycles. The molecule has 98 valence electrons. The molecule has 0 radical (unpaired) electrons. The molecule has 0 spiro atoms. The van der Waals surface area contributed by atoms with Gasteiger partial charge in [-0.1, -0.05) is 11.6 Å². The Balaban J connectivity index is 1.85. The highest BCUT2D eigenvalue weighted by Gasteiger charge is 2.20. The summed E-state index contributed by atoms with van der Waals surface area (Å²) in [6.45, 7) is 6.00. The fourth-order valence-electron chi connectivity index (χ4n) is 2.45. The van der Waals surface area contributed by atoms with E-state index in [1.54, 1.807) is 0 Å². The van der Waals surface area contributed by atoms with Crippen LogP contribution >= 0.6 is 11.6 Å². The van der Waals surface area contributed by atoms with Crippen LogP contribution in [0.15, 0.2) is 12.1 Å². The number of nitrogens with one attached hydrogen (secondary N) is 1. The number of benzene rings is 1. The average Bonchev–Trinajstić information content (AvgIpc) is 2.43. The molecule has 0 amide bonds. The molecule has 0 atom stereocenters. The number of hydrogen-bond donors (Lipinski definition) is 1. The van der Waals surface area contributed by atoms with E-state index in [-0.39, 0.29) is 0 Å². The van der Waals surface area contributed by atoms with E-state index in [0.717, 1.165) is 54.6 Å². The Bertz CT molecular complexity index is 433. The highest BCUT2D eigenvalue weighted by Crippen LogP contribution is 2.32. The number of rotatable bonds is 2. The molecule has 18 heavy (non-hydrogen) atoms. The molecule has 2 heterocycles. The average molecular weight is 269 g/mol. The fourth-order valence-corrected chi connectivity index (χ4v) is 2.69. The van der Waals surface area contributed by atoms with Gasteiger partial charge in [0.1, 0.15) is 5.75 Å². The zero-order valence-corrected chi connectivity index (χ0v) is 11.0. The van der Waals surface area contributed by atoms with Gasteiger partial charge in [-0.3, -0.25) is 4.90 Å². The van der Waals surface area contributed by atoms with Crippen LogP contribution in [-0.2, 0) is 17.9 Å². The zero-order valence-electron chi connectivity index (χ0n) is 10.2. The lowest BCUT2D eigenvalue weighted by Gasteiger charge is -2.29. The molecule has 1 fully saturated rings. The minimum atomic E-state index is 0.335. The van der Waals surface area contributed by atoms with Crippen LogP contribution in [0.2, 0.25) is 5.02 Å². The van der Waals surface area contributed by atoms with Crippen molar-refractivity contribution in [1.29, 1.82) is 0 Å². The van der Waals surface area contributed by atoms with Crippen molar-refractivity contribution >= 4 is 11.6 Å². The second-order valence-electron chi connectivity index (χ2n) is 4.64. The summed E-state index contributed by atoms with van der Waals surface area (Å²) in [5, 5.41) is 4.16. The number of fused-ring (bicyclic) bond motifs is 1. The Morgan fingerprint density at radius 2 is 2.11 bits per heavy atom. The summed E-state index contributed by atoms with van der Waals surface area (Å²) in [6, 6.07) is 3.85. The molecular weight excluding hydrogens is 252 g/mol. The van der Waals surface area contributed by atoms with Gasteiger partial charge in [0.15, 0.2) is 6.79 Å². The van der Waals surface area contributed by atoms with Crippen LogP contribution < -0.4 is 10.1 Å². The second kappa shape index (κ2) is 5.45. The molecule has 0 saturated carbocycles. The second-order valence-corrected chi connectivity index (χ2v) is 5.05. The highest BCUT2D eigenvalue weighted by molar-refractivity contribution is 6.31. The molecule has 0 bridgehead atoms. The molecular formula is C13H17ClN2O2. The van der Waals surface area contributed by atoms with E-state index in [9.17, 15) is 0 Å². The molecule has 0 unspecified atom stereocenters. The van der Waals surface area contributed by atoms with Crippen molar-refractivity contribution in [3.63, 3.8) is 0 Å². The fraction of sp³-hybridized carbons (Fsp3) is 0.538. The third kappa shape index (κ3) is 2.47. The number of halogens is 1. The first-order valence-electron chi connectivity index (χ1n) is 6.28. The SMILES string of the molecule is Clc1ccc2c(c1CN1CCNCC1)COCO2. The van der Waals surface area contributed by atoms with E-state index in [0.29, 0.717) is 13.4 Å². The quantitative estimate of drug-likeness (QED) is 0.884. The lowest BCUT2D eigenvalue weighted by atomic mass is 10.1. The smallest absolute Gasteiger partial charge is 0.189 e. The van der Waals surface area contributed by atoms with Crippen LogP contribution in [0.5, 0.6) is 5.75 Å². The van der Waals surface area contributed by atoms with Gasteiger partial charge in [0.05, 0.1) is 6.61 Å². The van der Waals surface area contributed by atoms with Crippen molar-refractivity contribution in [2.75, 3.05) is 33.0 Å². The number of ether oxygens (including phenoxy) is 2. The van der Waals surface area contributed by atoms with Gasteiger partial charge in [-0.2, -0.15) is 0 Å². The molecule has 2 aliphatic rings. The van der Waals surface area contributed by atoms with Crippen LogP contribution in [0.1, 0.15) is 11.1 Å². The number of piperazine rings is 1. The maximum absolute atomic E-state index is 6.33. The van der Waals surface area contributed by atoms with Crippen molar-refractivity contribution in [3.8, 4) is 5.75 Å². The van der Waals surface area contributed by atoms with Crippen LogP contribution in [-0.4, -0.2) is 37.9 Å². The molecule has 1 N–H and O–H groups in total. The first-order valence-corrected chi connectivity index (χ1v) is 6.66. The van der Waals surface area contributed by atoms with Crippen molar-refractivity contribution in [2.24, 2.45) is 0 Å². The van der Waals surface area contributed by atoms with Gasteiger partial charge in [-0.15, -0.1) is 0 Å². The van der Waals surface area contributed by atoms with Crippen LogP contribution in [0.4, 0.5) is 0 Å². The van der Waals surface area contributed by atoms with Gasteiger partial charge in [0, 0.05) is 43.3 Å². The zero-order chi connectivity index (χ0) is 12.4. The summed E-state index contributed by atoms with van der Waals surface area (Å²) in [6.07, 6.45) is 0. The molecule has 1 aromatic rings. The van der Waals surface area contributed by atoms with Gasteiger partial charge in [-0.25, -0.2) is 0 Å². The Kier molecular flexibility index (Phi) is 3.70. The Hall–Kier alpha value is -0.810. The van der Waals surface area contributed by atoms with E-state index in [1.165, 1.54) is 0 Å². The van der Waals surface area contributed by atoms with Crippen LogP contribution in [0.3, 0.4) is 0 Å². The summed E-state index contributed by atoms with van der Waals surface area (Å²) in [5.74, 6) is 0.913. The van der Waals surface area contributed by atoms with Gasteiger partial charge in [-0.05, 0) is 17.7 Å². The van der Waals surface area contributed by atoms with Crippen molar-refractivity contribution in [3.05, 3.63) is 28.3 Å².